The predicted octanol–water partition coefficient (Wildman–Crippen LogP) is 3.41. The molecular formula is C24H29N3O4. The summed E-state index contributed by atoms with van der Waals surface area (Å²) in [6.45, 7) is 4.51. The second kappa shape index (κ2) is 8.59. The first kappa shape index (κ1) is 21.2. The smallest absolute Gasteiger partial charge is 0.263 e. The molecule has 0 bridgehead atoms. The highest BCUT2D eigenvalue weighted by molar-refractivity contribution is 5.96. The van der Waals surface area contributed by atoms with Crippen molar-refractivity contribution in [2.24, 2.45) is 0 Å². The maximum absolute atomic E-state index is 13.2. The van der Waals surface area contributed by atoms with Gasteiger partial charge in [-0.3, -0.25) is 9.59 Å². The minimum absolute atomic E-state index is 0.165. The monoisotopic (exact) mass is 423 g/mol. The number of pyridine rings is 1. The third-order valence-corrected chi connectivity index (χ3v) is 6.17. The lowest BCUT2D eigenvalue weighted by molar-refractivity contribution is 0.0928. The van der Waals surface area contributed by atoms with E-state index in [4.69, 9.17) is 9.47 Å². The van der Waals surface area contributed by atoms with Crippen LogP contribution in [-0.2, 0) is 17.7 Å². The summed E-state index contributed by atoms with van der Waals surface area (Å²) in [6, 6.07) is 7.68. The molecule has 1 aliphatic carbocycles. The van der Waals surface area contributed by atoms with Crippen LogP contribution in [0, 0.1) is 13.8 Å². The molecule has 2 aromatic heterocycles. The Hall–Kier alpha value is -3.06. The Labute approximate surface area is 181 Å². The first-order chi connectivity index (χ1) is 14.9. The minimum atomic E-state index is -0.331. The van der Waals surface area contributed by atoms with E-state index in [9.17, 15) is 9.59 Å². The number of carbonyl (C=O) groups excluding carboxylic acids is 1. The maximum Gasteiger partial charge on any atom is 0.263 e. The number of hydrogen-bond donors (Lipinski definition) is 2. The standard InChI is InChI=1S/C24H29N3O4/c1-14-12-15(2)27(10-11-30-3)24(29)21(14)23(28)26-20-7-5-6-17-18-13-16(31-4)8-9-19(18)25-22(17)20/h8-9,12-13,20,25H,5-7,10-11H2,1-4H3,(H,26,28)/t20-/m1/s1. The molecule has 31 heavy (non-hydrogen) atoms. The fraction of sp³-hybridized carbons (Fsp3) is 0.417. The number of rotatable bonds is 6. The summed E-state index contributed by atoms with van der Waals surface area (Å²) in [4.78, 5) is 29.8. The SMILES string of the molecule is COCCn1c(C)cc(C)c(C(=O)N[C@@H]2CCCc3c2[nH]c2ccc(OC)cc32)c1=O. The minimum Gasteiger partial charge on any atom is -0.497 e. The van der Waals surface area contributed by atoms with E-state index in [1.54, 1.807) is 18.8 Å². The number of fused-ring (bicyclic) bond motifs is 3. The van der Waals surface area contributed by atoms with Crippen molar-refractivity contribution in [3.05, 3.63) is 62.7 Å². The van der Waals surface area contributed by atoms with Gasteiger partial charge in [-0.15, -0.1) is 0 Å². The molecule has 164 valence electrons. The van der Waals surface area contributed by atoms with Crippen molar-refractivity contribution in [2.45, 2.75) is 45.7 Å². The van der Waals surface area contributed by atoms with Crippen molar-refractivity contribution < 1.29 is 14.3 Å². The molecule has 2 heterocycles. The van der Waals surface area contributed by atoms with E-state index in [1.165, 1.54) is 5.56 Å². The molecule has 4 rings (SSSR count). The Morgan fingerprint density at radius 3 is 2.81 bits per heavy atom. The van der Waals surface area contributed by atoms with Crippen molar-refractivity contribution in [1.29, 1.82) is 0 Å². The van der Waals surface area contributed by atoms with Gasteiger partial charge in [0.05, 0.1) is 19.8 Å². The molecule has 0 fully saturated rings. The zero-order valence-corrected chi connectivity index (χ0v) is 18.5. The zero-order chi connectivity index (χ0) is 22.1. The molecule has 2 N–H and O–H groups in total. The quantitative estimate of drug-likeness (QED) is 0.636. The van der Waals surface area contributed by atoms with Gasteiger partial charge in [-0.05, 0) is 68.5 Å². The highest BCUT2D eigenvalue weighted by Gasteiger charge is 2.28. The zero-order valence-electron chi connectivity index (χ0n) is 18.5. The molecular weight excluding hydrogens is 394 g/mol. The molecule has 1 amide bonds. The van der Waals surface area contributed by atoms with Crippen LogP contribution in [0.1, 0.15) is 51.8 Å². The number of aromatic amines is 1. The van der Waals surface area contributed by atoms with Crippen molar-refractivity contribution in [2.75, 3.05) is 20.8 Å². The third-order valence-electron chi connectivity index (χ3n) is 6.17. The van der Waals surface area contributed by atoms with Gasteiger partial charge in [-0.25, -0.2) is 0 Å². The summed E-state index contributed by atoms with van der Waals surface area (Å²) in [5.41, 5.74) is 4.69. The van der Waals surface area contributed by atoms with Crippen LogP contribution < -0.4 is 15.6 Å². The maximum atomic E-state index is 13.2. The van der Waals surface area contributed by atoms with Gasteiger partial charge in [0.25, 0.3) is 11.5 Å². The first-order valence-corrected chi connectivity index (χ1v) is 10.6. The highest BCUT2D eigenvalue weighted by Crippen LogP contribution is 2.36. The fourth-order valence-electron chi connectivity index (χ4n) is 4.61. The molecule has 0 unspecified atom stereocenters. The lowest BCUT2D eigenvalue weighted by Gasteiger charge is -2.24. The Kier molecular flexibility index (Phi) is 5.87. The van der Waals surface area contributed by atoms with Crippen molar-refractivity contribution in [3.8, 4) is 5.75 Å². The molecule has 1 atom stereocenters. The van der Waals surface area contributed by atoms with Gasteiger partial charge in [-0.1, -0.05) is 0 Å². The van der Waals surface area contributed by atoms with E-state index in [-0.39, 0.29) is 23.1 Å². The number of hydrogen-bond acceptors (Lipinski definition) is 4. The van der Waals surface area contributed by atoms with Crippen LogP contribution in [0.15, 0.2) is 29.1 Å². The number of methoxy groups -OCH3 is 2. The van der Waals surface area contributed by atoms with E-state index in [0.717, 1.165) is 47.3 Å². The van der Waals surface area contributed by atoms with Gasteiger partial charge in [0.2, 0.25) is 0 Å². The molecule has 0 aliphatic heterocycles. The van der Waals surface area contributed by atoms with Crippen LogP contribution in [0.5, 0.6) is 5.75 Å². The number of carbonyl (C=O) groups is 1. The summed E-state index contributed by atoms with van der Waals surface area (Å²) in [5, 5.41) is 4.25. The van der Waals surface area contributed by atoms with E-state index in [0.29, 0.717) is 18.7 Å². The first-order valence-electron chi connectivity index (χ1n) is 10.6. The molecule has 0 saturated heterocycles. The summed E-state index contributed by atoms with van der Waals surface area (Å²) >= 11 is 0. The summed E-state index contributed by atoms with van der Waals surface area (Å²) < 4.78 is 12.1. The molecule has 0 saturated carbocycles. The van der Waals surface area contributed by atoms with Crippen molar-refractivity contribution in [3.63, 3.8) is 0 Å². The Morgan fingerprint density at radius 1 is 1.26 bits per heavy atom. The summed E-state index contributed by atoms with van der Waals surface area (Å²) in [7, 11) is 3.26. The molecule has 0 spiro atoms. The Balaban J connectivity index is 1.67. The van der Waals surface area contributed by atoms with Gasteiger partial charge >= 0.3 is 0 Å². The van der Waals surface area contributed by atoms with Gasteiger partial charge in [0, 0.05) is 35.9 Å². The van der Waals surface area contributed by atoms with Crippen molar-refractivity contribution >= 4 is 16.8 Å². The Bertz CT molecular complexity index is 1190. The van der Waals surface area contributed by atoms with E-state index in [2.05, 4.69) is 10.3 Å². The third kappa shape index (κ3) is 3.85. The van der Waals surface area contributed by atoms with E-state index < -0.39 is 0 Å². The number of benzene rings is 1. The fourth-order valence-corrected chi connectivity index (χ4v) is 4.61. The lowest BCUT2D eigenvalue weighted by Crippen LogP contribution is -2.38. The second-order valence-electron chi connectivity index (χ2n) is 8.14. The molecule has 7 heteroatoms. The summed E-state index contributed by atoms with van der Waals surface area (Å²) in [6.07, 6.45) is 2.74. The van der Waals surface area contributed by atoms with Crippen LogP contribution in [-0.4, -0.2) is 36.3 Å². The van der Waals surface area contributed by atoms with Gasteiger partial charge in [-0.2, -0.15) is 0 Å². The Morgan fingerprint density at radius 2 is 2.06 bits per heavy atom. The van der Waals surface area contributed by atoms with Crippen LogP contribution in [0.25, 0.3) is 10.9 Å². The van der Waals surface area contributed by atoms with Crippen LogP contribution in [0.4, 0.5) is 0 Å². The van der Waals surface area contributed by atoms with Crippen molar-refractivity contribution in [1.82, 2.24) is 14.9 Å². The number of nitrogens with one attached hydrogen (secondary N) is 2. The molecule has 1 aromatic carbocycles. The molecule has 1 aliphatic rings. The predicted molar refractivity (Wildman–Crippen MR) is 120 cm³/mol. The van der Waals surface area contributed by atoms with Gasteiger partial charge in [0.15, 0.2) is 0 Å². The van der Waals surface area contributed by atoms with E-state index in [1.807, 2.05) is 38.1 Å². The average molecular weight is 424 g/mol. The second-order valence-corrected chi connectivity index (χ2v) is 8.14. The molecule has 3 aromatic rings. The topological polar surface area (TPSA) is 85.3 Å². The van der Waals surface area contributed by atoms with Gasteiger partial charge in [0.1, 0.15) is 11.3 Å². The average Bonchev–Trinajstić information content (AvgIpc) is 3.12. The lowest BCUT2D eigenvalue weighted by atomic mass is 9.91. The number of aryl methyl sites for hydroxylation is 3. The largest absolute Gasteiger partial charge is 0.497 e. The molecule has 0 radical (unpaired) electrons. The summed E-state index contributed by atoms with van der Waals surface area (Å²) in [5.74, 6) is 0.482. The van der Waals surface area contributed by atoms with E-state index >= 15 is 0 Å². The van der Waals surface area contributed by atoms with Crippen LogP contribution in [0.3, 0.4) is 0 Å². The van der Waals surface area contributed by atoms with Crippen LogP contribution in [0.2, 0.25) is 0 Å². The van der Waals surface area contributed by atoms with Crippen LogP contribution >= 0.6 is 0 Å². The number of aromatic nitrogens is 2. The number of H-pyrrole nitrogens is 1. The number of amides is 1. The molecule has 7 nitrogen and oxygen atoms in total. The van der Waals surface area contributed by atoms with Gasteiger partial charge < -0.3 is 24.3 Å². The number of ether oxygens (including phenoxy) is 2. The number of nitrogens with zero attached hydrogens (tertiary/aromatic N) is 1. The highest BCUT2D eigenvalue weighted by atomic mass is 16.5. The normalized spacial score (nSPS) is 15.7.